The lowest BCUT2D eigenvalue weighted by Crippen LogP contribution is -2.31. The molecule has 2 heterocycles. The first-order valence-corrected chi connectivity index (χ1v) is 8.69. The van der Waals surface area contributed by atoms with Gasteiger partial charge in [-0.1, -0.05) is 24.3 Å². The third-order valence-electron chi connectivity index (χ3n) is 4.59. The van der Waals surface area contributed by atoms with Crippen molar-refractivity contribution in [3.05, 3.63) is 71.7 Å². The molecular formula is C20H19N5O3. The van der Waals surface area contributed by atoms with Crippen LogP contribution in [0, 0.1) is 0 Å². The van der Waals surface area contributed by atoms with Crippen LogP contribution < -0.4 is 15.4 Å². The fraction of sp³-hybridized carbons (Fsp3) is 0.150. The standard InChI is InChI=1S/C20H19N5O3/c1-12-17(19(27)24-14-6-4-3-5-7-14)18(25-20(23-12)21-11-22-25)13-8-9-15(26)16(10-13)28-2/h3-11,18,26H,1-2H3,(H,24,27)(H,21,22,23)/t18-/m0/s1. The number of phenolic OH excluding ortho intramolecular Hbond substituents is 1. The van der Waals surface area contributed by atoms with E-state index in [0.29, 0.717) is 28.7 Å². The maximum absolute atomic E-state index is 13.2. The molecule has 8 nitrogen and oxygen atoms in total. The zero-order valence-electron chi connectivity index (χ0n) is 15.4. The number of methoxy groups -OCH3 is 1. The number of para-hydroxylation sites is 1. The van der Waals surface area contributed by atoms with Gasteiger partial charge in [0.05, 0.1) is 12.7 Å². The number of aromatic nitrogens is 3. The maximum Gasteiger partial charge on any atom is 0.255 e. The molecule has 4 rings (SSSR count). The lowest BCUT2D eigenvalue weighted by Gasteiger charge is -2.29. The number of hydrogen-bond donors (Lipinski definition) is 3. The number of aromatic hydroxyl groups is 1. The molecule has 0 saturated heterocycles. The minimum atomic E-state index is -0.531. The Labute approximate surface area is 161 Å². The predicted molar refractivity (Wildman–Crippen MR) is 104 cm³/mol. The lowest BCUT2D eigenvalue weighted by molar-refractivity contribution is -0.113. The first-order valence-electron chi connectivity index (χ1n) is 8.69. The predicted octanol–water partition coefficient (Wildman–Crippen LogP) is 2.92. The Morgan fingerprint density at radius 2 is 2.04 bits per heavy atom. The van der Waals surface area contributed by atoms with E-state index in [0.717, 1.165) is 5.56 Å². The van der Waals surface area contributed by atoms with Gasteiger partial charge in [0, 0.05) is 11.4 Å². The molecule has 0 unspecified atom stereocenters. The van der Waals surface area contributed by atoms with Crippen LogP contribution in [-0.2, 0) is 4.79 Å². The fourth-order valence-electron chi connectivity index (χ4n) is 3.28. The summed E-state index contributed by atoms with van der Waals surface area (Å²) in [6.45, 7) is 1.82. The number of hydrogen-bond acceptors (Lipinski definition) is 6. The van der Waals surface area contributed by atoms with Crippen molar-refractivity contribution < 1.29 is 14.6 Å². The van der Waals surface area contributed by atoms with Crippen molar-refractivity contribution in [3.8, 4) is 11.5 Å². The van der Waals surface area contributed by atoms with Gasteiger partial charge in [-0.2, -0.15) is 10.1 Å². The number of phenols is 1. The molecule has 0 fully saturated rings. The highest BCUT2D eigenvalue weighted by Crippen LogP contribution is 2.38. The van der Waals surface area contributed by atoms with E-state index in [-0.39, 0.29) is 11.7 Å². The highest BCUT2D eigenvalue weighted by atomic mass is 16.5. The van der Waals surface area contributed by atoms with Crippen LogP contribution >= 0.6 is 0 Å². The molecule has 0 saturated carbocycles. The summed E-state index contributed by atoms with van der Waals surface area (Å²) < 4.78 is 6.87. The largest absolute Gasteiger partial charge is 0.504 e. The number of allylic oxidation sites excluding steroid dienone is 1. The van der Waals surface area contributed by atoms with E-state index in [2.05, 4.69) is 20.7 Å². The minimum Gasteiger partial charge on any atom is -0.504 e. The molecule has 28 heavy (non-hydrogen) atoms. The van der Waals surface area contributed by atoms with Gasteiger partial charge in [-0.05, 0) is 36.8 Å². The highest BCUT2D eigenvalue weighted by Gasteiger charge is 2.33. The van der Waals surface area contributed by atoms with E-state index in [1.165, 1.54) is 19.5 Å². The maximum atomic E-state index is 13.2. The SMILES string of the molecule is COc1cc([C@H]2C(C(=O)Nc3ccccc3)=C(C)Nc3ncnn32)ccc1O. The summed E-state index contributed by atoms with van der Waals surface area (Å²) in [4.78, 5) is 17.4. The number of benzene rings is 2. The number of carbonyl (C=O) groups excluding carboxylic acids is 1. The van der Waals surface area contributed by atoms with Crippen LogP contribution in [0.4, 0.5) is 11.6 Å². The van der Waals surface area contributed by atoms with Crippen LogP contribution in [0.15, 0.2) is 66.1 Å². The van der Waals surface area contributed by atoms with Crippen molar-refractivity contribution in [1.82, 2.24) is 14.8 Å². The summed E-state index contributed by atoms with van der Waals surface area (Å²) >= 11 is 0. The van der Waals surface area contributed by atoms with Crippen LogP contribution in [0.25, 0.3) is 0 Å². The number of anilines is 2. The van der Waals surface area contributed by atoms with Gasteiger partial charge in [0.15, 0.2) is 11.5 Å². The smallest absolute Gasteiger partial charge is 0.255 e. The van der Waals surface area contributed by atoms with Gasteiger partial charge in [0.1, 0.15) is 12.4 Å². The second-order valence-electron chi connectivity index (χ2n) is 6.35. The molecular weight excluding hydrogens is 358 g/mol. The Kier molecular flexibility index (Phi) is 4.44. The second-order valence-corrected chi connectivity index (χ2v) is 6.35. The Balaban J connectivity index is 1.79. The van der Waals surface area contributed by atoms with E-state index in [1.807, 2.05) is 37.3 Å². The second kappa shape index (κ2) is 7.07. The molecule has 0 radical (unpaired) electrons. The van der Waals surface area contributed by atoms with Gasteiger partial charge in [0.2, 0.25) is 5.95 Å². The number of fused-ring (bicyclic) bond motifs is 1. The zero-order valence-corrected chi connectivity index (χ0v) is 15.4. The van der Waals surface area contributed by atoms with Gasteiger partial charge < -0.3 is 20.5 Å². The van der Waals surface area contributed by atoms with Gasteiger partial charge in [-0.25, -0.2) is 4.68 Å². The third-order valence-corrected chi connectivity index (χ3v) is 4.59. The molecule has 3 aromatic rings. The van der Waals surface area contributed by atoms with E-state index >= 15 is 0 Å². The quantitative estimate of drug-likeness (QED) is 0.646. The van der Waals surface area contributed by atoms with Gasteiger partial charge >= 0.3 is 0 Å². The summed E-state index contributed by atoms with van der Waals surface area (Å²) in [6, 6.07) is 13.7. The van der Waals surface area contributed by atoms with Crippen molar-refractivity contribution in [3.63, 3.8) is 0 Å². The first-order chi connectivity index (χ1) is 13.6. The highest BCUT2D eigenvalue weighted by molar-refractivity contribution is 6.06. The molecule has 1 aromatic heterocycles. The molecule has 3 N–H and O–H groups in total. The Morgan fingerprint density at radius 1 is 1.25 bits per heavy atom. The summed E-state index contributed by atoms with van der Waals surface area (Å²) in [5.41, 5.74) is 2.60. The monoisotopic (exact) mass is 377 g/mol. The topological polar surface area (TPSA) is 101 Å². The Bertz CT molecular complexity index is 1060. The average Bonchev–Trinajstić information content (AvgIpc) is 3.16. The van der Waals surface area contributed by atoms with Crippen LogP contribution in [-0.4, -0.2) is 32.9 Å². The van der Waals surface area contributed by atoms with Gasteiger partial charge in [-0.15, -0.1) is 0 Å². The van der Waals surface area contributed by atoms with Crippen molar-refractivity contribution in [2.24, 2.45) is 0 Å². The molecule has 1 aliphatic rings. The van der Waals surface area contributed by atoms with E-state index in [9.17, 15) is 9.90 Å². The average molecular weight is 377 g/mol. The molecule has 0 bridgehead atoms. The van der Waals surface area contributed by atoms with Crippen LogP contribution in [0.1, 0.15) is 18.5 Å². The summed E-state index contributed by atoms with van der Waals surface area (Å²) in [7, 11) is 1.48. The molecule has 8 heteroatoms. The van der Waals surface area contributed by atoms with Crippen molar-refractivity contribution in [1.29, 1.82) is 0 Å². The van der Waals surface area contributed by atoms with Crippen molar-refractivity contribution >= 4 is 17.5 Å². The summed E-state index contributed by atoms with van der Waals surface area (Å²) in [6.07, 6.45) is 1.43. The molecule has 2 aromatic carbocycles. The zero-order chi connectivity index (χ0) is 19.7. The normalized spacial score (nSPS) is 15.6. The number of nitrogens with one attached hydrogen (secondary N) is 2. The molecule has 142 valence electrons. The Morgan fingerprint density at radius 3 is 2.79 bits per heavy atom. The number of amides is 1. The lowest BCUT2D eigenvalue weighted by atomic mass is 9.94. The van der Waals surface area contributed by atoms with Gasteiger partial charge in [-0.3, -0.25) is 4.79 Å². The van der Waals surface area contributed by atoms with Crippen LogP contribution in [0.3, 0.4) is 0 Å². The summed E-state index contributed by atoms with van der Waals surface area (Å²) in [5, 5.41) is 20.3. The van der Waals surface area contributed by atoms with E-state index in [1.54, 1.807) is 16.8 Å². The summed E-state index contributed by atoms with van der Waals surface area (Å²) in [5.74, 6) is 0.619. The number of rotatable bonds is 4. The Hall–Kier alpha value is -3.81. The molecule has 0 aliphatic carbocycles. The van der Waals surface area contributed by atoms with Crippen molar-refractivity contribution in [2.45, 2.75) is 13.0 Å². The fourth-order valence-corrected chi connectivity index (χ4v) is 3.28. The number of nitrogens with zero attached hydrogens (tertiary/aromatic N) is 3. The molecule has 1 atom stereocenters. The minimum absolute atomic E-state index is 0.0231. The molecule has 1 aliphatic heterocycles. The first kappa shape index (κ1) is 17.6. The molecule has 0 spiro atoms. The van der Waals surface area contributed by atoms with E-state index < -0.39 is 6.04 Å². The number of carbonyl (C=O) groups is 1. The third kappa shape index (κ3) is 3.05. The number of ether oxygens (including phenoxy) is 1. The van der Waals surface area contributed by atoms with Crippen molar-refractivity contribution in [2.75, 3.05) is 17.7 Å². The molecule has 1 amide bonds. The van der Waals surface area contributed by atoms with E-state index in [4.69, 9.17) is 4.74 Å². The van der Waals surface area contributed by atoms with Gasteiger partial charge in [0.25, 0.3) is 5.91 Å². The van der Waals surface area contributed by atoms with Crippen LogP contribution in [0.5, 0.6) is 11.5 Å². The van der Waals surface area contributed by atoms with Crippen LogP contribution in [0.2, 0.25) is 0 Å².